The van der Waals surface area contributed by atoms with Gasteiger partial charge in [-0.15, -0.1) is 0 Å². The van der Waals surface area contributed by atoms with E-state index in [0.717, 1.165) is 16.9 Å². The molecule has 1 aliphatic rings. The highest BCUT2D eigenvalue weighted by atomic mass is 32.1. The molecule has 70 valence electrons. The van der Waals surface area contributed by atoms with E-state index >= 15 is 0 Å². The maximum atomic E-state index is 8.78. The van der Waals surface area contributed by atoms with Crippen molar-refractivity contribution in [3.8, 4) is 0 Å². The first kappa shape index (κ1) is 10.6. The summed E-state index contributed by atoms with van der Waals surface area (Å²) in [4.78, 5) is 0.832. The van der Waals surface area contributed by atoms with Crippen molar-refractivity contribution >= 4 is 24.2 Å². The van der Waals surface area contributed by atoms with Gasteiger partial charge in [0.05, 0.1) is 0 Å². The molecule has 5 heteroatoms. The van der Waals surface area contributed by atoms with E-state index in [1.807, 2.05) is 18.2 Å². The van der Waals surface area contributed by atoms with Crippen LogP contribution in [0.4, 0.5) is 0 Å². The van der Waals surface area contributed by atoms with Gasteiger partial charge in [-0.2, -0.15) is 0 Å². The number of allylic oxidation sites excluding steroid dienone is 3. The highest BCUT2D eigenvalue weighted by molar-refractivity contribution is 7.80. The Kier molecular flexibility index (Phi) is 3.80. The Morgan fingerprint density at radius 1 is 1.62 bits per heavy atom. The smallest absolute Gasteiger partial charge is 0.426 e. The topological polar surface area (TPSA) is 66.5 Å². The van der Waals surface area contributed by atoms with E-state index in [4.69, 9.17) is 28.0 Å². The van der Waals surface area contributed by atoms with E-state index in [1.165, 1.54) is 0 Å². The van der Waals surface area contributed by atoms with Crippen LogP contribution in [-0.2, 0) is 0 Å². The van der Waals surface area contributed by atoms with Crippen molar-refractivity contribution in [2.45, 2.75) is 18.8 Å². The zero-order valence-electron chi connectivity index (χ0n) is 7.18. The molecule has 3 nitrogen and oxygen atoms in total. The summed E-state index contributed by atoms with van der Waals surface area (Å²) in [6.45, 7) is 0. The van der Waals surface area contributed by atoms with Gasteiger partial charge in [0.15, 0.2) is 0 Å². The van der Waals surface area contributed by atoms with E-state index in [-0.39, 0.29) is 0 Å². The van der Waals surface area contributed by atoms with E-state index < -0.39 is 13.1 Å². The van der Waals surface area contributed by atoms with Gasteiger partial charge >= 0.3 is 7.12 Å². The molecule has 0 saturated heterocycles. The number of thiocarbonyl (C=S) groups is 1. The Labute approximate surface area is 83.1 Å². The Bertz CT molecular complexity index is 263. The first-order valence-electron chi connectivity index (χ1n) is 4.12. The van der Waals surface area contributed by atoms with Crippen LogP contribution in [0.2, 0.25) is 0 Å². The zero-order chi connectivity index (χ0) is 9.84. The number of nitrogens with two attached hydrogens (primary N) is 1. The fraction of sp³-hybridized carbons (Fsp3) is 0.375. The molecule has 13 heavy (non-hydrogen) atoms. The van der Waals surface area contributed by atoms with Gasteiger partial charge in [-0.3, -0.25) is 0 Å². The molecular formula is C8H12BNO2S. The zero-order valence-corrected chi connectivity index (χ0v) is 8.00. The van der Waals surface area contributed by atoms with Gasteiger partial charge in [0.2, 0.25) is 0 Å². The van der Waals surface area contributed by atoms with Crippen molar-refractivity contribution in [3.05, 3.63) is 23.8 Å². The van der Waals surface area contributed by atoms with Crippen molar-refractivity contribution in [3.63, 3.8) is 0 Å². The van der Waals surface area contributed by atoms with Crippen LogP contribution in [0.3, 0.4) is 0 Å². The SMILES string of the molecule is NC(CC1=CC=CCC1=S)B(O)O. The number of hydrogen-bond acceptors (Lipinski definition) is 4. The monoisotopic (exact) mass is 197 g/mol. The maximum absolute atomic E-state index is 8.78. The molecule has 0 heterocycles. The van der Waals surface area contributed by atoms with E-state index in [1.54, 1.807) is 0 Å². The van der Waals surface area contributed by atoms with Crippen molar-refractivity contribution in [1.82, 2.24) is 0 Å². The lowest BCUT2D eigenvalue weighted by Crippen LogP contribution is -2.39. The predicted octanol–water partition coefficient (Wildman–Crippen LogP) is -0.0280. The van der Waals surface area contributed by atoms with Gasteiger partial charge < -0.3 is 15.8 Å². The molecule has 0 bridgehead atoms. The molecule has 0 fully saturated rings. The fourth-order valence-corrected chi connectivity index (χ4v) is 1.37. The highest BCUT2D eigenvalue weighted by Crippen LogP contribution is 2.15. The molecule has 1 atom stereocenters. The van der Waals surface area contributed by atoms with Crippen molar-refractivity contribution < 1.29 is 10.0 Å². The molecule has 0 saturated carbocycles. The third kappa shape index (κ3) is 3.04. The van der Waals surface area contributed by atoms with Crippen LogP contribution in [0.25, 0.3) is 0 Å². The van der Waals surface area contributed by atoms with Gasteiger partial charge in [-0.1, -0.05) is 30.4 Å². The van der Waals surface area contributed by atoms with E-state index in [0.29, 0.717) is 6.42 Å². The van der Waals surface area contributed by atoms with Crippen LogP contribution in [0, 0.1) is 0 Å². The minimum absolute atomic E-state index is 0.418. The summed E-state index contributed by atoms with van der Waals surface area (Å²) in [7, 11) is -1.48. The average molecular weight is 197 g/mol. The first-order chi connectivity index (χ1) is 6.11. The summed E-state index contributed by atoms with van der Waals surface area (Å²) >= 11 is 5.09. The van der Waals surface area contributed by atoms with Crippen molar-refractivity contribution in [2.24, 2.45) is 5.73 Å². The third-order valence-corrected chi connectivity index (χ3v) is 2.36. The lowest BCUT2D eigenvalue weighted by atomic mass is 9.76. The highest BCUT2D eigenvalue weighted by Gasteiger charge is 2.21. The minimum Gasteiger partial charge on any atom is -0.426 e. The molecule has 0 aromatic heterocycles. The van der Waals surface area contributed by atoms with Crippen LogP contribution in [0.5, 0.6) is 0 Å². The Morgan fingerprint density at radius 3 is 2.85 bits per heavy atom. The Balaban J connectivity index is 2.57. The van der Waals surface area contributed by atoms with Gasteiger partial charge in [0.1, 0.15) is 0 Å². The molecule has 0 aromatic rings. The molecule has 0 spiro atoms. The standard InChI is InChI=1S/C8H12BNO2S/c10-8(9(11)12)5-6-3-1-2-4-7(6)13/h1-3,8,11-12H,4-5,10H2. The summed E-state index contributed by atoms with van der Waals surface area (Å²) in [5.74, 6) is -0.657. The van der Waals surface area contributed by atoms with Gasteiger partial charge in [-0.05, 0) is 12.0 Å². The van der Waals surface area contributed by atoms with Gasteiger partial charge in [0, 0.05) is 17.2 Å². The molecule has 1 aliphatic carbocycles. The largest absolute Gasteiger partial charge is 0.469 e. The molecule has 0 aliphatic heterocycles. The summed E-state index contributed by atoms with van der Waals surface area (Å²) in [6, 6.07) is 0. The molecule has 1 unspecified atom stereocenters. The van der Waals surface area contributed by atoms with Crippen LogP contribution in [-0.4, -0.2) is 28.0 Å². The van der Waals surface area contributed by atoms with Crippen LogP contribution >= 0.6 is 12.2 Å². The van der Waals surface area contributed by atoms with Crippen molar-refractivity contribution in [1.29, 1.82) is 0 Å². The van der Waals surface area contributed by atoms with Crippen LogP contribution in [0.15, 0.2) is 23.8 Å². The van der Waals surface area contributed by atoms with Crippen LogP contribution in [0.1, 0.15) is 12.8 Å². The van der Waals surface area contributed by atoms with Gasteiger partial charge in [0.25, 0.3) is 0 Å². The second-order valence-corrected chi connectivity index (χ2v) is 3.52. The van der Waals surface area contributed by atoms with Gasteiger partial charge in [-0.25, -0.2) is 0 Å². The Hall–Kier alpha value is -0.485. The lowest BCUT2D eigenvalue weighted by molar-refractivity contribution is 0.386. The molecule has 4 N–H and O–H groups in total. The third-order valence-electron chi connectivity index (χ3n) is 1.93. The molecule has 0 amide bonds. The second kappa shape index (κ2) is 4.67. The Morgan fingerprint density at radius 2 is 2.31 bits per heavy atom. The molecule has 1 rings (SSSR count). The molecule has 0 radical (unpaired) electrons. The molecular weight excluding hydrogens is 185 g/mol. The first-order valence-corrected chi connectivity index (χ1v) is 4.52. The normalized spacial score (nSPS) is 18.4. The predicted molar refractivity (Wildman–Crippen MR) is 57.2 cm³/mol. The summed E-state index contributed by atoms with van der Waals surface area (Å²) in [6.07, 6.45) is 6.90. The van der Waals surface area contributed by atoms with E-state index in [9.17, 15) is 0 Å². The summed E-state index contributed by atoms with van der Waals surface area (Å²) in [5.41, 5.74) is 6.41. The summed E-state index contributed by atoms with van der Waals surface area (Å²) in [5, 5.41) is 17.6. The quantitative estimate of drug-likeness (QED) is 0.439. The maximum Gasteiger partial charge on any atom is 0.469 e. The second-order valence-electron chi connectivity index (χ2n) is 3.03. The van der Waals surface area contributed by atoms with E-state index in [2.05, 4.69) is 0 Å². The number of rotatable bonds is 3. The lowest BCUT2D eigenvalue weighted by Gasteiger charge is -2.14. The molecule has 0 aromatic carbocycles. The fourth-order valence-electron chi connectivity index (χ4n) is 1.12. The average Bonchev–Trinajstić information content (AvgIpc) is 2.08. The van der Waals surface area contributed by atoms with Crippen molar-refractivity contribution in [2.75, 3.05) is 0 Å². The number of hydrogen-bond donors (Lipinski definition) is 3. The minimum atomic E-state index is -1.48. The summed E-state index contributed by atoms with van der Waals surface area (Å²) < 4.78 is 0. The van der Waals surface area contributed by atoms with Crippen LogP contribution < -0.4 is 5.73 Å².